The second-order valence-corrected chi connectivity index (χ2v) is 5.13. The van der Waals surface area contributed by atoms with Crippen molar-refractivity contribution in [1.29, 1.82) is 0 Å². The van der Waals surface area contributed by atoms with E-state index in [4.69, 9.17) is 0 Å². The Morgan fingerprint density at radius 2 is 1.04 bits per heavy atom. The number of carbonyl (C=O) groups excluding carboxylic acids is 2. The quantitative estimate of drug-likeness (QED) is 0.381. The summed E-state index contributed by atoms with van der Waals surface area (Å²) in [6.07, 6.45) is 7.04. The van der Waals surface area contributed by atoms with Gasteiger partial charge in [-0.25, -0.2) is 0 Å². The first-order valence-corrected chi connectivity index (χ1v) is 7.86. The average molecular weight is 550 g/mol. The molecule has 2 atom stereocenters. The zero-order valence-corrected chi connectivity index (χ0v) is 18.5. The molecule has 0 rings (SSSR count). The second-order valence-electron chi connectivity index (χ2n) is 5.13. The predicted octanol–water partition coefficient (Wildman–Crippen LogP) is 0.984. The standard InChI is InChI=1S/2C8H16O2.Ba.Co.Zn.2H/c2*1-3-5-6-7(4-2)8(9)10;;;;;/h2*7H,3-6H2,1-2H3,(H,9,10);;;;;/q;;;;+2;;/p-2. The summed E-state index contributed by atoms with van der Waals surface area (Å²) < 4.78 is 0. The number of carboxylic acids is 2. The van der Waals surface area contributed by atoms with Gasteiger partial charge in [0, 0.05) is 28.7 Å². The summed E-state index contributed by atoms with van der Waals surface area (Å²) in [5.41, 5.74) is 0. The SMILES string of the molecule is CCCCC(CC)C(=O)[O-].CCCCC(CC)C(=O)[O-].[BaH2].[Co].[Zn+2]. The normalized spacial score (nSPS) is 11.3. The summed E-state index contributed by atoms with van der Waals surface area (Å²) in [6, 6.07) is 0. The van der Waals surface area contributed by atoms with E-state index in [0.29, 0.717) is 12.8 Å². The molecule has 2 unspecified atom stereocenters. The summed E-state index contributed by atoms with van der Waals surface area (Å²) in [5.74, 6) is -2.23. The van der Waals surface area contributed by atoms with Crippen molar-refractivity contribution in [3.05, 3.63) is 0 Å². The van der Waals surface area contributed by atoms with E-state index in [-0.39, 0.29) is 97.0 Å². The fourth-order valence-electron chi connectivity index (χ4n) is 1.88. The molecule has 0 spiro atoms. The Hall–Kier alpha value is 1.64. The van der Waals surface area contributed by atoms with Gasteiger partial charge in [0.25, 0.3) is 0 Å². The number of aliphatic carboxylic acids is 2. The number of carbonyl (C=O) groups is 2. The topological polar surface area (TPSA) is 80.3 Å². The summed E-state index contributed by atoms with van der Waals surface area (Å²) >= 11 is 0. The molecule has 1 radical (unpaired) electrons. The number of hydrogen-bond acceptors (Lipinski definition) is 4. The molecule has 0 saturated carbocycles. The molecule has 0 saturated heterocycles. The molecule has 133 valence electrons. The largest absolute Gasteiger partial charge is 2.00 e. The van der Waals surface area contributed by atoms with E-state index in [9.17, 15) is 19.8 Å². The fraction of sp³-hybridized carbons (Fsp3) is 0.875. The number of hydrogen-bond donors (Lipinski definition) is 0. The van der Waals surface area contributed by atoms with Gasteiger partial charge in [-0.2, -0.15) is 0 Å². The smallest absolute Gasteiger partial charge is 0 e. The molecule has 23 heavy (non-hydrogen) atoms. The Balaban J connectivity index is -0.0000000831. The van der Waals surface area contributed by atoms with Crippen LogP contribution in [-0.2, 0) is 45.8 Å². The van der Waals surface area contributed by atoms with Gasteiger partial charge < -0.3 is 19.8 Å². The number of unbranched alkanes of at least 4 members (excludes halogenated alkanes) is 2. The second kappa shape index (κ2) is 25.9. The molecule has 0 aromatic heterocycles. The number of rotatable bonds is 10. The van der Waals surface area contributed by atoms with Crippen LogP contribution in [0, 0.1) is 11.8 Å². The van der Waals surface area contributed by atoms with Crippen molar-refractivity contribution in [2.75, 3.05) is 0 Å². The third-order valence-electron chi connectivity index (χ3n) is 3.46. The summed E-state index contributed by atoms with van der Waals surface area (Å²) in [7, 11) is 0. The van der Waals surface area contributed by atoms with Gasteiger partial charge >= 0.3 is 68.4 Å². The Kier molecular flexibility index (Phi) is 40.2. The first kappa shape index (κ1) is 35.7. The van der Waals surface area contributed by atoms with Gasteiger partial charge in [0.05, 0.1) is 0 Å². The van der Waals surface area contributed by atoms with Crippen LogP contribution in [-0.4, -0.2) is 60.8 Å². The van der Waals surface area contributed by atoms with Crippen LogP contribution in [0.25, 0.3) is 0 Å². The molecule has 0 heterocycles. The van der Waals surface area contributed by atoms with Gasteiger partial charge in [0.2, 0.25) is 0 Å². The van der Waals surface area contributed by atoms with E-state index in [2.05, 4.69) is 13.8 Å². The van der Waals surface area contributed by atoms with Crippen molar-refractivity contribution < 1.29 is 56.1 Å². The maximum absolute atomic E-state index is 10.3. The van der Waals surface area contributed by atoms with Crippen molar-refractivity contribution >= 4 is 60.8 Å². The zero-order valence-electron chi connectivity index (χ0n) is 14.5. The average Bonchev–Trinajstić information content (AvgIpc) is 2.40. The summed E-state index contributed by atoms with van der Waals surface area (Å²) in [6.45, 7) is 7.89. The molecule has 0 aliphatic heterocycles. The molecular formula is C16H32BaCoO4Zn. The number of carboxylic acid groups (broad SMARTS) is 2. The van der Waals surface area contributed by atoms with Crippen LogP contribution in [0.1, 0.15) is 79.1 Å². The van der Waals surface area contributed by atoms with Crippen LogP contribution in [0.2, 0.25) is 0 Å². The van der Waals surface area contributed by atoms with Crippen LogP contribution in [0.15, 0.2) is 0 Å². The van der Waals surface area contributed by atoms with Gasteiger partial charge in [-0.15, -0.1) is 0 Å². The van der Waals surface area contributed by atoms with Crippen LogP contribution in [0.5, 0.6) is 0 Å². The van der Waals surface area contributed by atoms with Gasteiger partial charge in [-0.05, 0) is 37.5 Å². The molecule has 0 aromatic rings. The third kappa shape index (κ3) is 23.6. The Bertz CT molecular complexity index is 242. The zero-order chi connectivity index (χ0) is 16.0. The molecule has 0 fully saturated rings. The first-order chi connectivity index (χ1) is 9.44. The predicted molar refractivity (Wildman–Crippen MR) is 85.2 cm³/mol. The van der Waals surface area contributed by atoms with Gasteiger partial charge in [0.15, 0.2) is 0 Å². The monoisotopic (exact) mass is 549 g/mol. The van der Waals surface area contributed by atoms with Crippen LogP contribution >= 0.6 is 0 Å². The summed E-state index contributed by atoms with van der Waals surface area (Å²) in [4.78, 5) is 20.7. The van der Waals surface area contributed by atoms with Gasteiger partial charge in [-0.1, -0.05) is 53.4 Å². The molecule has 0 bridgehead atoms. The van der Waals surface area contributed by atoms with E-state index in [0.717, 1.165) is 38.5 Å². The molecule has 0 N–H and O–H groups in total. The minimum Gasteiger partial charge on any atom is 0 e. The van der Waals surface area contributed by atoms with E-state index in [1.807, 2.05) is 13.8 Å². The van der Waals surface area contributed by atoms with Crippen LogP contribution in [0.4, 0.5) is 0 Å². The molecule has 0 aromatic carbocycles. The van der Waals surface area contributed by atoms with E-state index < -0.39 is 11.9 Å². The van der Waals surface area contributed by atoms with Crippen molar-refractivity contribution in [2.45, 2.75) is 79.1 Å². The van der Waals surface area contributed by atoms with E-state index in [1.54, 1.807) is 0 Å². The maximum Gasteiger partial charge on any atom is 2.00 e. The Labute approximate surface area is 205 Å². The van der Waals surface area contributed by atoms with E-state index >= 15 is 0 Å². The van der Waals surface area contributed by atoms with Crippen molar-refractivity contribution in [3.63, 3.8) is 0 Å². The van der Waals surface area contributed by atoms with Crippen molar-refractivity contribution in [1.82, 2.24) is 0 Å². The van der Waals surface area contributed by atoms with Crippen LogP contribution < -0.4 is 10.2 Å². The van der Waals surface area contributed by atoms with E-state index in [1.165, 1.54) is 0 Å². The Morgan fingerprint density at radius 3 is 1.17 bits per heavy atom. The maximum atomic E-state index is 10.3. The van der Waals surface area contributed by atoms with Gasteiger partial charge in [-0.3, -0.25) is 0 Å². The minimum absolute atomic E-state index is 0. The molecule has 0 aliphatic rings. The Morgan fingerprint density at radius 1 is 0.783 bits per heavy atom. The molecule has 4 nitrogen and oxygen atoms in total. The minimum atomic E-state index is -0.893. The molecule has 7 heteroatoms. The molecule has 0 amide bonds. The molecule has 0 aliphatic carbocycles. The third-order valence-corrected chi connectivity index (χ3v) is 3.46. The molecular weight excluding hydrogens is 518 g/mol. The summed E-state index contributed by atoms with van der Waals surface area (Å²) in [5, 5.41) is 20.7. The van der Waals surface area contributed by atoms with Crippen molar-refractivity contribution in [3.8, 4) is 0 Å². The van der Waals surface area contributed by atoms with Crippen LogP contribution in [0.3, 0.4) is 0 Å². The fourth-order valence-corrected chi connectivity index (χ4v) is 1.88. The van der Waals surface area contributed by atoms with Crippen molar-refractivity contribution in [2.24, 2.45) is 11.8 Å². The first-order valence-electron chi connectivity index (χ1n) is 7.86. The van der Waals surface area contributed by atoms with Gasteiger partial charge in [0.1, 0.15) is 0 Å².